The van der Waals surface area contributed by atoms with Crippen LogP contribution in [0.5, 0.6) is 11.5 Å². The number of aliphatic carboxylic acids is 1. The summed E-state index contributed by atoms with van der Waals surface area (Å²) in [5, 5.41) is 15.0. The first kappa shape index (κ1) is 21.8. The van der Waals surface area contributed by atoms with Crippen molar-refractivity contribution in [2.24, 2.45) is 11.8 Å². The molecule has 166 valence electrons. The first-order valence-electron chi connectivity index (χ1n) is 10.1. The van der Waals surface area contributed by atoms with Gasteiger partial charge in [-0.2, -0.15) is 0 Å². The number of anilines is 2. The molecule has 2 aromatic carbocycles. The molecule has 2 amide bonds. The van der Waals surface area contributed by atoms with E-state index in [-0.39, 0.29) is 24.4 Å². The van der Waals surface area contributed by atoms with Crippen LogP contribution in [0, 0.1) is 11.8 Å². The molecule has 2 aliphatic rings. The maximum absolute atomic E-state index is 12.6. The number of benzene rings is 2. The molecular formula is C23H22N2O6S. The molecular weight excluding hydrogens is 432 g/mol. The molecule has 0 radical (unpaired) electrons. The van der Waals surface area contributed by atoms with Crippen LogP contribution >= 0.6 is 11.8 Å². The topological polar surface area (TPSA) is 114 Å². The number of hydrogen-bond donors (Lipinski definition) is 3. The number of carbonyl (C=O) groups excluding carboxylic acids is 2. The van der Waals surface area contributed by atoms with Crippen molar-refractivity contribution in [1.29, 1.82) is 0 Å². The lowest BCUT2D eigenvalue weighted by Gasteiger charge is -2.24. The van der Waals surface area contributed by atoms with Crippen molar-refractivity contribution in [3.63, 3.8) is 0 Å². The van der Waals surface area contributed by atoms with Crippen LogP contribution < -0.4 is 20.1 Å². The molecule has 9 heteroatoms. The Morgan fingerprint density at radius 2 is 1.69 bits per heavy atom. The Morgan fingerprint density at radius 1 is 0.938 bits per heavy atom. The van der Waals surface area contributed by atoms with E-state index in [1.54, 1.807) is 42.5 Å². The highest BCUT2D eigenvalue weighted by Gasteiger charge is 2.33. The van der Waals surface area contributed by atoms with E-state index < -0.39 is 17.8 Å². The van der Waals surface area contributed by atoms with E-state index in [0.29, 0.717) is 35.7 Å². The van der Waals surface area contributed by atoms with Crippen molar-refractivity contribution in [2.45, 2.75) is 17.7 Å². The Kier molecular flexibility index (Phi) is 6.65. The first-order chi connectivity index (χ1) is 15.5. The highest BCUT2D eigenvalue weighted by molar-refractivity contribution is 8.00. The molecule has 0 aromatic heterocycles. The molecule has 1 aliphatic carbocycles. The fraction of sp³-hybridized carbons (Fsp3) is 0.261. The van der Waals surface area contributed by atoms with Gasteiger partial charge < -0.3 is 25.2 Å². The Hall–Kier alpha value is -3.46. The summed E-state index contributed by atoms with van der Waals surface area (Å²) < 4.78 is 10.6. The number of carbonyl (C=O) groups is 3. The van der Waals surface area contributed by atoms with Gasteiger partial charge in [0.05, 0.1) is 17.6 Å². The normalized spacial score (nSPS) is 18.8. The van der Waals surface area contributed by atoms with Gasteiger partial charge in [0.2, 0.25) is 18.6 Å². The minimum absolute atomic E-state index is 0.171. The van der Waals surface area contributed by atoms with Crippen molar-refractivity contribution in [2.75, 3.05) is 23.2 Å². The largest absolute Gasteiger partial charge is 0.481 e. The zero-order valence-corrected chi connectivity index (χ0v) is 17.9. The van der Waals surface area contributed by atoms with Crippen LogP contribution in [0.25, 0.3) is 0 Å². The third-order valence-electron chi connectivity index (χ3n) is 5.21. The van der Waals surface area contributed by atoms with E-state index >= 15 is 0 Å². The van der Waals surface area contributed by atoms with Crippen molar-refractivity contribution < 1.29 is 29.0 Å². The molecule has 32 heavy (non-hydrogen) atoms. The molecule has 4 rings (SSSR count). The molecule has 1 heterocycles. The number of allylic oxidation sites excluding steroid dienone is 2. The average Bonchev–Trinajstić information content (AvgIpc) is 3.26. The number of fused-ring (bicyclic) bond motifs is 1. The second-order valence-corrected chi connectivity index (χ2v) is 8.46. The zero-order valence-electron chi connectivity index (χ0n) is 17.1. The number of carboxylic acid groups (broad SMARTS) is 1. The molecule has 2 aromatic rings. The summed E-state index contributed by atoms with van der Waals surface area (Å²) in [5.74, 6) is -1.37. The number of amides is 2. The SMILES string of the molecule is O=C(CSc1cccc(NC(=O)C2CC=CCC2C(=O)O)c1)Nc1ccc2c(c1)OCO2. The van der Waals surface area contributed by atoms with Gasteiger partial charge in [0.25, 0.3) is 0 Å². The molecule has 0 saturated heterocycles. The maximum atomic E-state index is 12.6. The molecule has 0 spiro atoms. The quantitative estimate of drug-likeness (QED) is 0.431. The minimum Gasteiger partial charge on any atom is -0.481 e. The number of rotatable bonds is 7. The molecule has 0 fully saturated rings. The lowest BCUT2D eigenvalue weighted by Crippen LogP contribution is -2.34. The van der Waals surface area contributed by atoms with Crippen LogP contribution in [0.3, 0.4) is 0 Å². The van der Waals surface area contributed by atoms with Crippen molar-refractivity contribution in [3.05, 3.63) is 54.6 Å². The fourth-order valence-electron chi connectivity index (χ4n) is 3.60. The Labute approximate surface area is 189 Å². The Balaban J connectivity index is 1.32. The predicted octanol–water partition coefficient (Wildman–Crippen LogP) is 3.75. The molecule has 2 atom stereocenters. The summed E-state index contributed by atoms with van der Waals surface area (Å²) in [7, 11) is 0. The fourth-order valence-corrected chi connectivity index (χ4v) is 4.35. The van der Waals surface area contributed by atoms with E-state index in [4.69, 9.17) is 9.47 Å². The summed E-state index contributed by atoms with van der Waals surface area (Å²) in [6, 6.07) is 12.3. The van der Waals surface area contributed by atoms with Gasteiger partial charge in [0.1, 0.15) is 0 Å². The van der Waals surface area contributed by atoms with E-state index in [1.807, 2.05) is 12.1 Å². The van der Waals surface area contributed by atoms with Crippen LogP contribution in [-0.4, -0.2) is 35.4 Å². The smallest absolute Gasteiger partial charge is 0.307 e. The van der Waals surface area contributed by atoms with Crippen LogP contribution in [0.1, 0.15) is 12.8 Å². The average molecular weight is 455 g/mol. The maximum Gasteiger partial charge on any atom is 0.307 e. The van der Waals surface area contributed by atoms with Gasteiger partial charge in [-0.25, -0.2) is 0 Å². The Bertz CT molecular complexity index is 1070. The van der Waals surface area contributed by atoms with Gasteiger partial charge in [0, 0.05) is 22.3 Å². The Morgan fingerprint density at radius 3 is 2.50 bits per heavy atom. The summed E-state index contributed by atoms with van der Waals surface area (Å²) >= 11 is 1.33. The van der Waals surface area contributed by atoms with Gasteiger partial charge in [-0.05, 0) is 43.2 Å². The lowest BCUT2D eigenvalue weighted by atomic mass is 9.82. The van der Waals surface area contributed by atoms with Crippen LogP contribution in [0.2, 0.25) is 0 Å². The monoisotopic (exact) mass is 454 g/mol. The van der Waals surface area contributed by atoms with Crippen LogP contribution in [-0.2, 0) is 14.4 Å². The number of carboxylic acids is 1. The summed E-state index contributed by atoms with van der Waals surface area (Å²) in [6.07, 6.45) is 4.39. The van der Waals surface area contributed by atoms with E-state index in [1.165, 1.54) is 11.8 Å². The highest BCUT2D eigenvalue weighted by atomic mass is 32.2. The van der Waals surface area contributed by atoms with Crippen molar-refractivity contribution in [3.8, 4) is 11.5 Å². The molecule has 0 saturated carbocycles. The third-order valence-corrected chi connectivity index (χ3v) is 6.21. The van der Waals surface area contributed by atoms with Crippen LogP contribution in [0.15, 0.2) is 59.5 Å². The molecule has 8 nitrogen and oxygen atoms in total. The van der Waals surface area contributed by atoms with Gasteiger partial charge in [-0.15, -0.1) is 11.8 Å². The number of thioether (sulfide) groups is 1. The molecule has 0 bridgehead atoms. The standard InChI is InChI=1S/C23H22N2O6S/c26-21(24-15-8-9-19-20(11-15)31-13-30-19)12-32-16-5-3-4-14(10-16)25-22(27)17-6-1-2-7-18(17)23(28)29/h1-5,8-11,17-18H,6-7,12-13H2,(H,24,26)(H,25,27)(H,28,29). The van der Waals surface area contributed by atoms with E-state index in [0.717, 1.165) is 4.90 Å². The number of hydrogen-bond acceptors (Lipinski definition) is 6. The van der Waals surface area contributed by atoms with Crippen LogP contribution in [0.4, 0.5) is 11.4 Å². The summed E-state index contributed by atoms with van der Waals surface area (Å²) in [4.78, 5) is 37.2. The molecule has 2 unspecified atom stereocenters. The minimum atomic E-state index is -0.965. The first-order valence-corrected chi connectivity index (χ1v) is 11.1. The van der Waals surface area contributed by atoms with E-state index in [2.05, 4.69) is 10.6 Å². The number of nitrogens with one attached hydrogen (secondary N) is 2. The van der Waals surface area contributed by atoms with Gasteiger partial charge >= 0.3 is 5.97 Å². The van der Waals surface area contributed by atoms with Crippen molar-refractivity contribution in [1.82, 2.24) is 0 Å². The lowest BCUT2D eigenvalue weighted by molar-refractivity contribution is -0.146. The predicted molar refractivity (Wildman–Crippen MR) is 120 cm³/mol. The molecule has 1 aliphatic heterocycles. The second-order valence-electron chi connectivity index (χ2n) is 7.42. The van der Waals surface area contributed by atoms with Gasteiger partial charge in [0.15, 0.2) is 11.5 Å². The van der Waals surface area contributed by atoms with Gasteiger partial charge in [-0.3, -0.25) is 14.4 Å². The highest BCUT2D eigenvalue weighted by Crippen LogP contribution is 2.34. The van der Waals surface area contributed by atoms with Crippen molar-refractivity contribution >= 4 is 40.9 Å². The second kappa shape index (κ2) is 9.78. The third kappa shape index (κ3) is 5.23. The van der Waals surface area contributed by atoms with Gasteiger partial charge in [-0.1, -0.05) is 18.2 Å². The van der Waals surface area contributed by atoms with E-state index in [9.17, 15) is 19.5 Å². The summed E-state index contributed by atoms with van der Waals surface area (Å²) in [5.41, 5.74) is 1.19. The zero-order chi connectivity index (χ0) is 22.5. The number of ether oxygens (including phenoxy) is 2. The summed E-state index contributed by atoms with van der Waals surface area (Å²) in [6.45, 7) is 0.171. The molecule has 3 N–H and O–H groups in total.